The monoisotopic (exact) mass is 1180 g/mol. The summed E-state index contributed by atoms with van der Waals surface area (Å²) in [6, 6.07) is -1.33. The van der Waals surface area contributed by atoms with Gasteiger partial charge in [-0.3, -0.25) is 14.4 Å². The molecule has 2 amide bonds. The van der Waals surface area contributed by atoms with Gasteiger partial charge in [0.25, 0.3) is 0 Å². The highest BCUT2D eigenvalue weighted by Gasteiger charge is 2.50. The molecular weight excluding hydrogens is 1040 g/mol. The number of amides is 2. The molecule has 0 aromatic carbocycles. The Morgan fingerprint density at radius 2 is 0.964 bits per heavy atom. The third kappa shape index (κ3) is 36.2. The van der Waals surface area contributed by atoms with E-state index in [9.17, 15) is 19.5 Å². The summed E-state index contributed by atoms with van der Waals surface area (Å²) in [4.78, 5) is 41.0. The number of carbonyl (C=O) groups is 3. The van der Waals surface area contributed by atoms with Gasteiger partial charge in [-0.2, -0.15) is 0 Å². The Hall–Kier alpha value is -1.97. The Labute approximate surface area is 509 Å². The van der Waals surface area contributed by atoms with Gasteiger partial charge < -0.3 is 48.9 Å². The van der Waals surface area contributed by atoms with Crippen molar-refractivity contribution in [1.29, 1.82) is 0 Å². The highest BCUT2D eigenvalue weighted by Crippen LogP contribution is 2.34. The summed E-state index contributed by atoms with van der Waals surface area (Å²) in [5.41, 5.74) is 0. The van der Waals surface area contributed by atoms with E-state index < -0.39 is 48.9 Å². The van der Waals surface area contributed by atoms with Gasteiger partial charge in [-0.15, -0.1) is 0 Å². The van der Waals surface area contributed by atoms with Crippen LogP contribution >= 0.6 is 0 Å². The average Bonchev–Trinajstić information content (AvgIpc) is 3.38. The fourth-order valence-corrected chi connectivity index (χ4v) is 12.3. The van der Waals surface area contributed by atoms with Crippen molar-refractivity contribution >= 4 is 17.6 Å². The number of ketones is 1. The van der Waals surface area contributed by atoms with E-state index in [0.29, 0.717) is 39.1 Å². The van der Waals surface area contributed by atoms with Crippen molar-refractivity contribution < 1.29 is 52.6 Å². The van der Waals surface area contributed by atoms with Crippen LogP contribution in [0, 0.1) is 5.92 Å². The molecule has 2 rings (SSSR count). The highest BCUT2D eigenvalue weighted by molar-refractivity contribution is 5.98. The largest absolute Gasteiger partial charge is 0.388 e. The zero-order valence-corrected chi connectivity index (χ0v) is 55.1. The molecule has 0 radical (unpaired) electrons. The van der Waals surface area contributed by atoms with E-state index in [1.165, 1.54) is 154 Å². The molecule has 11 atom stereocenters. The lowest BCUT2D eigenvalue weighted by Crippen LogP contribution is -2.66. The lowest BCUT2D eigenvalue weighted by atomic mass is 9.85. The van der Waals surface area contributed by atoms with Gasteiger partial charge in [0, 0.05) is 46.2 Å². The smallest absolute Gasteiger partial charge is 0.227 e. The molecule has 2 heterocycles. The Morgan fingerprint density at radius 3 is 1.51 bits per heavy atom. The minimum Gasteiger partial charge on any atom is -0.388 e. The van der Waals surface area contributed by atoms with Gasteiger partial charge in [0.2, 0.25) is 11.8 Å². The molecule has 2 aliphatic heterocycles. The van der Waals surface area contributed by atoms with Gasteiger partial charge in [0.1, 0.15) is 30.1 Å². The first-order chi connectivity index (χ1) is 40.6. The van der Waals surface area contributed by atoms with Crippen LogP contribution in [-0.2, 0) is 47.5 Å². The van der Waals surface area contributed by atoms with Gasteiger partial charge in [-0.1, -0.05) is 233 Å². The SMILES string of the molecule is CCCCCC/C=C\CCCCCCCCCC(=O)N[C@H]1[C@H](OC[C@H]2O[C@@H](CC)[C@H](NC(=O)CC(=O)CCCCCCCCCCC)[C@@H](OCCCCCCCCCC)[C@@H]2O)O[C@H](COC)[C@@H](CC)[C@@H]1OCC[C@@H](CCCCCCC)OC. The summed E-state index contributed by atoms with van der Waals surface area (Å²) < 4.78 is 45.6. The van der Waals surface area contributed by atoms with Gasteiger partial charge in [-0.05, 0) is 70.6 Å². The van der Waals surface area contributed by atoms with Crippen LogP contribution in [-0.4, -0.2) is 124 Å². The number of ether oxygens (including phenoxy) is 7. The molecule has 2 fully saturated rings. The van der Waals surface area contributed by atoms with Crippen LogP contribution in [0.25, 0.3) is 0 Å². The van der Waals surface area contributed by atoms with E-state index in [0.717, 1.165) is 89.9 Å². The van der Waals surface area contributed by atoms with Crippen LogP contribution in [0.5, 0.6) is 0 Å². The fourth-order valence-electron chi connectivity index (χ4n) is 12.3. The lowest BCUT2D eigenvalue weighted by Gasteiger charge is -2.48. The molecular formula is C70H132N2O11. The second-order valence-corrected chi connectivity index (χ2v) is 24.8. The predicted molar refractivity (Wildman–Crippen MR) is 341 cm³/mol. The quantitative estimate of drug-likeness (QED) is 0.0302. The molecule has 0 aromatic rings. The van der Waals surface area contributed by atoms with Crippen LogP contribution < -0.4 is 10.6 Å². The first-order valence-corrected chi connectivity index (χ1v) is 35.2. The summed E-state index contributed by atoms with van der Waals surface area (Å²) in [7, 11) is 3.45. The van der Waals surface area contributed by atoms with Crippen molar-refractivity contribution in [2.24, 2.45) is 5.92 Å². The first kappa shape index (κ1) is 77.1. The standard InChI is InChI=1S/C70H132N2O11/c1-9-15-19-23-26-29-30-31-32-33-34-36-38-42-46-50-63(74)71-66-68(80-53-51-58(78-8)49-45-40-22-18-12-4)59(13-5)61(55-77-7)83-70(66)81-56-62-67(76)69(79-52-47-43-39-28-25-21-17-11-3)65(60(14-6)82-62)72-64(75)54-57(73)48-44-41-37-35-27-24-20-16-10-2/h29-30,58-62,65-70,76H,9-28,31-56H2,1-8H3,(H,71,74)(H,72,75)/b30-29-/t58-,59-,60+,61-,62-,65+,66-,67-,68+,69-,70-/m1/s1. The third-order valence-electron chi connectivity index (χ3n) is 17.6. The maximum atomic E-state index is 14.1. The summed E-state index contributed by atoms with van der Waals surface area (Å²) in [5.74, 6) is -0.616. The number of aliphatic hydroxyl groups excluding tert-OH is 1. The van der Waals surface area contributed by atoms with Gasteiger partial charge in [0.05, 0.1) is 50.1 Å². The molecule has 2 aliphatic rings. The van der Waals surface area contributed by atoms with E-state index in [-0.39, 0.29) is 48.8 Å². The molecule has 0 aromatic heterocycles. The molecule has 0 bridgehead atoms. The third-order valence-corrected chi connectivity index (χ3v) is 17.6. The number of unbranched alkanes of at least 4 members (excludes halogenated alkanes) is 30. The average molecular weight is 1180 g/mol. The Morgan fingerprint density at radius 1 is 0.470 bits per heavy atom. The van der Waals surface area contributed by atoms with Crippen LogP contribution in [0.3, 0.4) is 0 Å². The minimum absolute atomic E-state index is 0.0630. The maximum Gasteiger partial charge on any atom is 0.227 e. The Bertz CT molecular complexity index is 1550. The summed E-state index contributed by atoms with van der Waals surface area (Å²) >= 11 is 0. The summed E-state index contributed by atoms with van der Waals surface area (Å²) in [5, 5.41) is 18.8. The van der Waals surface area contributed by atoms with Crippen molar-refractivity contribution in [2.45, 2.75) is 372 Å². The number of hydrogen-bond donors (Lipinski definition) is 3. The Balaban J connectivity index is 2.26. The molecule has 13 nitrogen and oxygen atoms in total. The van der Waals surface area contributed by atoms with E-state index in [2.05, 4.69) is 57.4 Å². The van der Waals surface area contributed by atoms with E-state index in [1.54, 1.807) is 14.2 Å². The van der Waals surface area contributed by atoms with Crippen LogP contribution in [0.15, 0.2) is 12.2 Å². The molecule has 0 spiro atoms. The molecule has 488 valence electrons. The lowest BCUT2D eigenvalue weighted by molar-refractivity contribution is -0.284. The zero-order chi connectivity index (χ0) is 60.4. The number of rotatable bonds is 57. The topological polar surface area (TPSA) is 160 Å². The predicted octanol–water partition coefficient (Wildman–Crippen LogP) is 16.5. The second-order valence-electron chi connectivity index (χ2n) is 24.8. The summed E-state index contributed by atoms with van der Waals surface area (Å²) in [6.45, 7) is 14.2. The van der Waals surface area contributed by atoms with Crippen molar-refractivity contribution in [1.82, 2.24) is 10.6 Å². The fraction of sp³-hybridized carbons (Fsp3) is 0.929. The maximum absolute atomic E-state index is 14.1. The normalized spacial score (nSPS) is 23.2. The van der Waals surface area contributed by atoms with E-state index in [1.807, 2.05) is 6.92 Å². The number of Topliss-reactive ketones (excluding diaryl/α,β-unsaturated/α-hetero) is 1. The van der Waals surface area contributed by atoms with E-state index in [4.69, 9.17) is 33.2 Å². The van der Waals surface area contributed by atoms with E-state index >= 15 is 0 Å². The molecule has 13 heteroatoms. The number of allylic oxidation sites excluding steroid dienone is 2. The molecule has 0 saturated carbocycles. The zero-order valence-electron chi connectivity index (χ0n) is 55.1. The molecule has 0 unspecified atom stereocenters. The van der Waals surface area contributed by atoms with Gasteiger partial charge in [0.15, 0.2) is 6.29 Å². The number of nitrogens with one attached hydrogen (secondary N) is 2. The van der Waals surface area contributed by atoms with Crippen LogP contribution in [0.4, 0.5) is 0 Å². The molecule has 0 aliphatic carbocycles. The van der Waals surface area contributed by atoms with Crippen molar-refractivity contribution in [3.63, 3.8) is 0 Å². The first-order valence-electron chi connectivity index (χ1n) is 35.2. The van der Waals surface area contributed by atoms with Crippen molar-refractivity contribution in [2.75, 3.05) is 40.6 Å². The number of methoxy groups -OCH3 is 2. The molecule has 2 saturated heterocycles. The summed E-state index contributed by atoms with van der Waals surface area (Å²) in [6.07, 6.45) is 44.1. The Kier molecular flexibility index (Phi) is 49.3. The number of carbonyl (C=O) groups excluding carboxylic acids is 3. The van der Waals surface area contributed by atoms with Crippen LogP contribution in [0.2, 0.25) is 0 Å². The van der Waals surface area contributed by atoms with Gasteiger partial charge in [-0.25, -0.2) is 0 Å². The molecule has 83 heavy (non-hydrogen) atoms. The second kappa shape index (κ2) is 53.1. The minimum atomic E-state index is -1.17. The van der Waals surface area contributed by atoms with Crippen LogP contribution in [0.1, 0.15) is 311 Å². The number of aliphatic hydroxyl groups is 1. The van der Waals surface area contributed by atoms with Gasteiger partial charge >= 0.3 is 0 Å². The van der Waals surface area contributed by atoms with Crippen molar-refractivity contribution in [3.8, 4) is 0 Å². The molecule has 3 N–H and O–H groups in total. The number of hydrogen-bond acceptors (Lipinski definition) is 11. The van der Waals surface area contributed by atoms with Crippen molar-refractivity contribution in [3.05, 3.63) is 12.2 Å². The highest BCUT2D eigenvalue weighted by atomic mass is 16.7.